The number of rotatable bonds is 3. The molecular formula is C24H28ClN3O5S. The largest absolute Gasteiger partial charge is 0.372 e. The molecule has 4 rings (SSSR count). The maximum absolute atomic E-state index is 12.9. The quantitative estimate of drug-likeness (QED) is 0.692. The predicted octanol–water partition coefficient (Wildman–Crippen LogP) is 2.77. The van der Waals surface area contributed by atoms with Crippen molar-refractivity contribution in [2.75, 3.05) is 52.2 Å². The number of nitrogens with one attached hydrogen (secondary N) is 1. The second-order valence-electron chi connectivity index (χ2n) is 8.66. The zero-order chi connectivity index (χ0) is 24.3. The van der Waals surface area contributed by atoms with Gasteiger partial charge in [-0.1, -0.05) is 41.9 Å². The highest BCUT2D eigenvalue weighted by atomic mass is 35.5. The van der Waals surface area contributed by atoms with E-state index < -0.39 is 9.84 Å². The second kappa shape index (κ2) is 10.3. The Labute approximate surface area is 204 Å². The van der Waals surface area contributed by atoms with Gasteiger partial charge in [-0.25, -0.2) is 13.2 Å². The molecule has 0 atom stereocenters. The fourth-order valence-electron chi connectivity index (χ4n) is 4.15. The molecule has 0 spiro atoms. The van der Waals surface area contributed by atoms with Crippen LogP contribution in [-0.2, 0) is 19.4 Å². The van der Waals surface area contributed by atoms with Gasteiger partial charge in [0.2, 0.25) is 5.91 Å². The Hall–Kier alpha value is -2.62. The van der Waals surface area contributed by atoms with E-state index in [1.54, 1.807) is 17.0 Å². The highest BCUT2D eigenvalue weighted by molar-refractivity contribution is 7.90. The lowest BCUT2D eigenvalue weighted by Crippen LogP contribution is -2.55. The first-order valence-corrected chi connectivity index (χ1v) is 13.5. The van der Waals surface area contributed by atoms with Crippen molar-refractivity contribution >= 4 is 33.4 Å². The van der Waals surface area contributed by atoms with Crippen LogP contribution in [0.15, 0.2) is 47.4 Å². The number of urea groups is 1. The summed E-state index contributed by atoms with van der Waals surface area (Å²) in [6.07, 6.45) is 1.86. The zero-order valence-corrected chi connectivity index (χ0v) is 20.6. The Balaban J connectivity index is 1.35. The van der Waals surface area contributed by atoms with Crippen molar-refractivity contribution in [3.63, 3.8) is 0 Å². The van der Waals surface area contributed by atoms with Crippen LogP contribution in [0, 0.1) is 0 Å². The summed E-state index contributed by atoms with van der Waals surface area (Å²) in [5.41, 5.74) is 2.81. The van der Waals surface area contributed by atoms with Crippen LogP contribution in [0.3, 0.4) is 0 Å². The Kier molecular flexibility index (Phi) is 7.45. The molecule has 0 bridgehead atoms. The molecule has 3 amide bonds. The fraction of sp³-hybridized carbons (Fsp3) is 0.417. The summed E-state index contributed by atoms with van der Waals surface area (Å²) in [4.78, 5) is 28.3. The first-order valence-electron chi connectivity index (χ1n) is 11.2. The number of likely N-dealkylation sites (tertiary alicyclic amines) is 1. The van der Waals surface area contributed by atoms with Gasteiger partial charge in [0.25, 0.3) is 0 Å². The van der Waals surface area contributed by atoms with Gasteiger partial charge in [0.1, 0.15) is 6.61 Å². The first-order chi connectivity index (χ1) is 16.2. The summed E-state index contributed by atoms with van der Waals surface area (Å²) >= 11 is 6.34. The number of carbonyl (C=O) groups is 2. The molecule has 8 nitrogen and oxygen atoms in total. The molecule has 0 aromatic heterocycles. The van der Waals surface area contributed by atoms with Crippen LogP contribution in [-0.4, -0.2) is 82.3 Å². The number of hydrogen-bond donors (Lipinski definition) is 1. The molecule has 2 aromatic rings. The summed E-state index contributed by atoms with van der Waals surface area (Å²) in [6.45, 7) is 3.30. The highest BCUT2D eigenvalue weighted by Crippen LogP contribution is 2.33. The summed E-state index contributed by atoms with van der Waals surface area (Å²) in [6, 6.07) is 12.7. The third kappa shape index (κ3) is 5.71. The molecular weight excluding hydrogens is 478 g/mol. The molecule has 2 aromatic carbocycles. The van der Waals surface area contributed by atoms with Gasteiger partial charge in [-0.15, -0.1) is 0 Å². The number of carbonyl (C=O) groups excluding carboxylic acids is 2. The summed E-state index contributed by atoms with van der Waals surface area (Å²) < 4.78 is 28.8. The van der Waals surface area contributed by atoms with Crippen LogP contribution < -0.4 is 5.32 Å². The number of nitrogens with zero attached hydrogens (tertiary/aromatic N) is 2. The van der Waals surface area contributed by atoms with E-state index in [0.717, 1.165) is 22.9 Å². The fourth-order valence-corrected chi connectivity index (χ4v) is 5.15. The standard InChI is InChI=1S/C24H28ClN3O5S/c1-34(31,32)20-7-8-21(22(25)13-20)18-5-3-17(4-6-18)19-14-28(15-19)24(30)27-10-2-12-33-16-23(29)26-9-11-27/h3-8,13,19H,2,9-12,14-16H2,1H3,(H,26,29). The maximum atomic E-state index is 12.9. The van der Waals surface area contributed by atoms with Crippen LogP contribution in [0.4, 0.5) is 4.79 Å². The number of benzene rings is 2. The van der Waals surface area contributed by atoms with E-state index in [4.69, 9.17) is 16.3 Å². The van der Waals surface area contributed by atoms with Crippen molar-refractivity contribution < 1.29 is 22.7 Å². The molecule has 182 valence electrons. The summed E-state index contributed by atoms with van der Waals surface area (Å²) in [5.74, 6) is 0.0965. The third-order valence-electron chi connectivity index (χ3n) is 6.14. The van der Waals surface area contributed by atoms with Crippen molar-refractivity contribution in [2.45, 2.75) is 17.2 Å². The summed E-state index contributed by atoms with van der Waals surface area (Å²) in [7, 11) is -3.31. The van der Waals surface area contributed by atoms with Crippen LogP contribution in [0.1, 0.15) is 17.9 Å². The average Bonchev–Trinajstić information content (AvgIpc) is 2.76. The topological polar surface area (TPSA) is 96.0 Å². The van der Waals surface area contributed by atoms with Gasteiger partial charge in [-0.05, 0) is 29.7 Å². The molecule has 0 unspecified atom stereocenters. The minimum Gasteiger partial charge on any atom is -0.372 e. The van der Waals surface area contributed by atoms with Gasteiger partial charge in [0.15, 0.2) is 9.84 Å². The molecule has 2 fully saturated rings. The van der Waals surface area contributed by atoms with E-state index in [9.17, 15) is 18.0 Å². The van der Waals surface area contributed by atoms with Crippen molar-refractivity contribution in [2.24, 2.45) is 0 Å². The number of sulfone groups is 1. The molecule has 2 aliphatic rings. The van der Waals surface area contributed by atoms with Crippen LogP contribution in [0.25, 0.3) is 11.1 Å². The van der Waals surface area contributed by atoms with Crippen molar-refractivity contribution in [1.82, 2.24) is 15.1 Å². The van der Waals surface area contributed by atoms with Crippen molar-refractivity contribution in [3.05, 3.63) is 53.1 Å². The third-order valence-corrected chi connectivity index (χ3v) is 7.56. The van der Waals surface area contributed by atoms with Crippen LogP contribution in [0.5, 0.6) is 0 Å². The molecule has 34 heavy (non-hydrogen) atoms. The number of hydrogen-bond acceptors (Lipinski definition) is 5. The minimum absolute atomic E-state index is 0.0135. The lowest BCUT2D eigenvalue weighted by atomic mass is 9.90. The van der Waals surface area contributed by atoms with Crippen LogP contribution in [0.2, 0.25) is 5.02 Å². The zero-order valence-electron chi connectivity index (χ0n) is 19.0. The number of amides is 3. The Bertz CT molecular complexity index is 1160. The van der Waals surface area contributed by atoms with Gasteiger partial charge in [0, 0.05) is 62.1 Å². The van der Waals surface area contributed by atoms with Gasteiger partial charge in [-0.3, -0.25) is 4.79 Å². The predicted molar refractivity (Wildman–Crippen MR) is 130 cm³/mol. The monoisotopic (exact) mass is 505 g/mol. The molecule has 1 N–H and O–H groups in total. The molecule has 2 saturated heterocycles. The van der Waals surface area contributed by atoms with Gasteiger partial charge in [-0.2, -0.15) is 0 Å². The minimum atomic E-state index is -3.31. The van der Waals surface area contributed by atoms with E-state index in [1.165, 1.54) is 6.07 Å². The maximum Gasteiger partial charge on any atom is 0.320 e. The van der Waals surface area contributed by atoms with E-state index in [1.807, 2.05) is 29.2 Å². The van der Waals surface area contributed by atoms with Crippen molar-refractivity contribution in [3.8, 4) is 11.1 Å². The van der Waals surface area contributed by atoms with E-state index in [0.29, 0.717) is 50.8 Å². The molecule has 0 aliphatic carbocycles. The number of halogens is 1. The van der Waals surface area contributed by atoms with E-state index in [2.05, 4.69) is 5.32 Å². The lowest BCUT2D eigenvalue weighted by Gasteiger charge is -2.42. The Morgan fingerprint density at radius 1 is 1.09 bits per heavy atom. The Morgan fingerprint density at radius 3 is 2.50 bits per heavy atom. The number of ether oxygens (including phenoxy) is 1. The molecule has 10 heteroatoms. The molecule has 0 radical (unpaired) electrons. The molecule has 0 saturated carbocycles. The second-order valence-corrected chi connectivity index (χ2v) is 11.1. The normalized spacial score (nSPS) is 18.2. The highest BCUT2D eigenvalue weighted by Gasteiger charge is 2.34. The first kappa shape index (κ1) is 24.5. The lowest BCUT2D eigenvalue weighted by molar-refractivity contribution is -0.126. The van der Waals surface area contributed by atoms with Crippen molar-refractivity contribution in [1.29, 1.82) is 0 Å². The summed E-state index contributed by atoms with van der Waals surface area (Å²) in [5, 5.41) is 3.15. The SMILES string of the molecule is CS(=O)(=O)c1ccc(-c2ccc(C3CN(C(=O)N4CCCOCC(=O)NCC4)C3)cc2)c(Cl)c1. The van der Waals surface area contributed by atoms with Crippen LogP contribution >= 0.6 is 11.6 Å². The van der Waals surface area contributed by atoms with E-state index >= 15 is 0 Å². The molecule has 2 aliphatic heterocycles. The average molecular weight is 506 g/mol. The van der Waals surface area contributed by atoms with Gasteiger partial charge >= 0.3 is 6.03 Å². The smallest absolute Gasteiger partial charge is 0.320 e. The van der Waals surface area contributed by atoms with E-state index in [-0.39, 0.29) is 29.4 Å². The Morgan fingerprint density at radius 2 is 1.82 bits per heavy atom. The van der Waals surface area contributed by atoms with Gasteiger partial charge < -0.3 is 19.9 Å². The van der Waals surface area contributed by atoms with Gasteiger partial charge in [0.05, 0.1) is 4.90 Å². The molecule has 2 heterocycles.